The Morgan fingerprint density at radius 1 is 0.976 bits per heavy atom. The summed E-state index contributed by atoms with van der Waals surface area (Å²) in [7, 11) is 2.94. The summed E-state index contributed by atoms with van der Waals surface area (Å²) in [6, 6.07) is 11.9. The van der Waals surface area contributed by atoms with Gasteiger partial charge in [0.15, 0.2) is 16.7 Å². The van der Waals surface area contributed by atoms with Crippen LogP contribution in [0.1, 0.15) is 27.8 Å². The molecule has 0 radical (unpaired) electrons. The van der Waals surface area contributed by atoms with Crippen LogP contribution in [0.15, 0.2) is 58.5 Å². The van der Waals surface area contributed by atoms with Crippen LogP contribution in [0, 0.1) is 20.8 Å². The molecule has 41 heavy (non-hydrogen) atoms. The summed E-state index contributed by atoms with van der Waals surface area (Å²) < 4.78 is 51.1. The number of aryl methyl sites for hydroxylation is 4. The number of methoxy groups -OCH3 is 2. The molecule has 0 aliphatic heterocycles. The predicted molar refractivity (Wildman–Crippen MR) is 154 cm³/mol. The summed E-state index contributed by atoms with van der Waals surface area (Å²) in [6.07, 6.45) is -4.15. The molecule has 0 aliphatic carbocycles. The largest absolute Gasteiger partial charge is 0.493 e. The van der Waals surface area contributed by atoms with E-state index in [0.29, 0.717) is 27.7 Å². The van der Waals surface area contributed by atoms with Crippen LogP contribution in [-0.2, 0) is 23.9 Å². The molecule has 1 heterocycles. The molecule has 0 bridgehead atoms. The summed E-state index contributed by atoms with van der Waals surface area (Å²) in [5, 5.41) is 3.54. The molecule has 216 valence electrons. The monoisotopic (exact) mass is 585 g/mol. The van der Waals surface area contributed by atoms with Gasteiger partial charge in [0.25, 0.3) is 5.56 Å². The number of hydrogen-bond donors (Lipinski definition) is 1. The summed E-state index contributed by atoms with van der Waals surface area (Å²) in [4.78, 5) is 31.2. The van der Waals surface area contributed by atoms with Crippen LogP contribution in [-0.4, -0.2) is 35.4 Å². The van der Waals surface area contributed by atoms with Crippen LogP contribution in [0.2, 0.25) is 0 Å². The molecule has 0 fully saturated rings. The van der Waals surface area contributed by atoms with Gasteiger partial charge in [-0.25, -0.2) is 4.98 Å². The Hall–Kier alpha value is -3.99. The minimum absolute atomic E-state index is 0.0156. The smallest absolute Gasteiger partial charge is 0.416 e. The van der Waals surface area contributed by atoms with Crippen LogP contribution >= 0.6 is 11.8 Å². The van der Waals surface area contributed by atoms with E-state index in [-0.39, 0.29) is 35.6 Å². The number of amides is 1. The van der Waals surface area contributed by atoms with Gasteiger partial charge in [0.1, 0.15) is 0 Å². The summed E-state index contributed by atoms with van der Waals surface area (Å²) in [6.45, 7) is 5.98. The molecular formula is C30H30F3N3O4S. The van der Waals surface area contributed by atoms with Crippen LogP contribution < -0.4 is 20.3 Å². The highest BCUT2D eigenvalue weighted by Gasteiger charge is 2.30. The van der Waals surface area contributed by atoms with Gasteiger partial charge in [-0.3, -0.25) is 14.2 Å². The maximum atomic E-state index is 13.6. The lowest BCUT2D eigenvalue weighted by Crippen LogP contribution is -2.25. The van der Waals surface area contributed by atoms with Crippen molar-refractivity contribution in [2.45, 2.75) is 45.1 Å². The molecule has 0 spiro atoms. The molecule has 0 saturated carbocycles. The maximum Gasteiger partial charge on any atom is 0.416 e. The number of nitrogens with zero attached hydrogens (tertiary/aromatic N) is 2. The van der Waals surface area contributed by atoms with E-state index in [4.69, 9.17) is 9.47 Å². The highest BCUT2D eigenvalue weighted by atomic mass is 32.2. The third kappa shape index (κ3) is 6.84. The molecule has 0 saturated heterocycles. The molecule has 1 aromatic heterocycles. The number of carbonyl (C=O) groups excluding carboxylic acids is 1. The van der Waals surface area contributed by atoms with Crippen molar-refractivity contribution in [3.05, 3.63) is 86.7 Å². The number of carbonyl (C=O) groups is 1. The lowest BCUT2D eigenvalue weighted by Gasteiger charge is -2.16. The Bertz CT molecular complexity index is 1630. The fourth-order valence-electron chi connectivity index (χ4n) is 4.62. The molecule has 3 aromatic carbocycles. The van der Waals surface area contributed by atoms with Crippen molar-refractivity contribution in [3.63, 3.8) is 0 Å². The first-order chi connectivity index (χ1) is 19.4. The van der Waals surface area contributed by atoms with Crippen molar-refractivity contribution >= 4 is 34.3 Å². The van der Waals surface area contributed by atoms with Gasteiger partial charge in [0.2, 0.25) is 5.91 Å². The number of aromatic nitrogens is 2. The number of nitrogens with one attached hydrogen (secondary N) is 1. The van der Waals surface area contributed by atoms with Crippen LogP contribution in [0.5, 0.6) is 11.5 Å². The summed E-state index contributed by atoms with van der Waals surface area (Å²) in [5.41, 5.74) is 3.60. The van der Waals surface area contributed by atoms with Gasteiger partial charge in [0, 0.05) is 18.3 Å². The molecule has 4 rings (SSSR count). The number of ether oxygens (including phenoxy) is 2. The highest BCUT2D eigenvalue weighted by Crippen LogP contribution is 2.32. The zero-order valence-corrected chi connectivity index (χ0v) is 24.1. The van der Waals surface area contributed by atoms with E-state index in [1.54, 1.807) is 12.1 Å². The number of rotatable bonds is 9. The predicted octanol–water partition coefficient (Wildman–Crippen LogP) is 6.33. The molecule has 11 heteroatoms. The van der Waals surface area contributed by atoms with E-state index >= 15 is 0 Å². The van der Waals surface area contributed by atoms with Gasteiger partial charge in [-0.05, 0) is 62.1 Å². The van der Waals surface area contributed by atoms with Gasteiger partial charge in [-0.15, -0.1) is 0 Å². The van der Waals surface area contributed by atoms with Crippen molar-refractivity contribution in [1.29, 1.82) is 0 Å². The maximum absolute atomic E-state index is 13.6. The third-order valence-corrected chi connectivity index (χ3v) is 7.58. The fourth-order valence-corrected chi connectivity index (χ4v) is 5.44. The first-order valence-corrected chi connectivity index (χ1v) is 13.7. The van der Waals surface area contributed by atoms with E-state index in [1.165, 1.54) is 30.9 Å². The number of fused-ring (bicyclic) bond motifs is 1. The quantitative estimate of drug-likeness (QED) is 0.183. The average molecular weight is 586 g/mol. The molecule has 1 N–H and O–H groups in total. The summed E-state index contributed by atoms with van der Waals surface area (Å²) >= 11 is 1.10. The first-order valence-electron chi connectivity index (χ1n) is 12.7. The zero-order chi connectivity index (χ0) is 29.9. The fraction of sp³-hybridized carbons (Fsp3) is 0.300. The van der Waals surface area contributed by atoms with E-state index in [9.17, 15) is 22.8 Å². The number of hydrogen-bond acceptors (Lipinski definition) is 6. The SMILES string of the molecule is COc1cc2nc(SCC(=O)Nc3c(C)cc(C)cc3C)n(CCc3ccc(C(F)(F)F)cc3)c(=O)c2cc1OC. The molecule has 0 unspecified atom stereocenters. The number of thioether (sulfide) groups is 1. The number of alkyl halides is 3. The van der Waals surface area contributed by atoms with Crippen molar-refractivity contribution in [2.75, 3.05) is 25.3 Å². The minimum Gasteiger partial charge on any atom is -0.493 e. The normalized spacial score (nSPS) is 11.5. The lowest BCUT2D eigenvalue weighted by atomic mass is 10.1. The molecular weight excluding hydrogens is 555 g/mol. The Balaban J connectivity index is 1.65. The molecule has 1 amide bonds. The van der Waals surface area contributed by atoms with Gasteiger partial charge in [-0.1, -0.05) is 41.6 Å². The highest BCUT2D eigenvalue weighted by molar-refractivity contribution is 7.99. The number of benzene rings is 3. The minimum atomic E-state index is -4.43. The van der Waals surface area contributed by atoms with Gasteiger partial charge >= 0.3 is 6.18 Å². The first kappa shape index (κ1) is 30.0. The molecule has 4 aromatic rings. The van der Waals surface area contributed by atoms with Gasteiger partial charge in [-0.2, -0.15) is 13.2 Å². The second-order valence-electron chi connectivity index (χ2n) is 9.63. The van der Waals surface area contributed by atoms with Crippen LogP contribution in [0.25, 0.3) is 10.9 Å². The third-order valence-electron chi connectivity index (χ3n) is 6.60. The van der Waals surface area contributed by atoms with Gasteiger partial charge in [0.05, 0.1) is 36.4 Å². The summed E-state index contributed by atoms with van der Waals surface area (Å²) in [5.74, 6) is 0.476. The lowest BCUT2D eigenvalue weighted by molar-refractivity contribution is -0.137. The second-order valence-corrected chi connectivity index (χ2v) is 10.6. The van der Waals surface area contributed by atoms with E-state index in [1.807, 2.05) is 32.9 Å². The van der Waals surface area contributed by atoms with E-state index in [0.717, 1.165) is 46.3 Å². The van der Waals surface area contributed by atoms with Crippen molar-refractivity contribution in [1.82, 2.24) is 9.55 Å². The van der Waals surface area contributed by atoms with Crippen LogP contribution in [0.3, 0.4) is 0 Å². The Morgan fingerprint density at radius 2 is 1.59 bits per heavy atom. The number of halogens is 3. The average Bonchev–Trinajstić information content (AvgIpc) is 2.92. The Morgan fingerprint density at radius 3 is 2.17 bits per heavy atom. The zero-order valence-electron chi connectivity index (χ0n) is 23.3. The van der Waals surface area contributed by atoms with Crippen molar-refractivity contribution < 1.29 is 27.4 Å². The van der Waals surface area contributed by atoms with Gasteiger partial charge < -0.3 is 14.8 Å². The second kappa shape index (κ2) is 12.3. The van der Waals surface area contributed by atoms with E-state index < -0.39 is 11.7 Å². The van der Waals surface area contributed by atoms with Crippen LogP contribution in [0.4, 0.5) is 18.9 Å². The Labute approximate surface area is 239 Å². The molecule has 0 aliphatic rings. The topological polar surface area (TPSA) is 82.5 Å². The number of anilines is 1. The van der Waals surface area contributed by atoms with E-state index in [2.05, 4.69) is 10.3 Å². The Kier molecular flexibility index (Phi) is 8.96. The van der Waals surface area contributed by atoms with Crippen molar-refractivity contribution in [2.24, 2.45) is 0 Å². The molecule has 0 atom stereocenters. The molecule has 7 nitrogen and oxygen atoms in total. The standard InChI is InChI=1S/C30H30F3N3O4S/c1-17-12-18(2)27(19(3)13-17)35-26(37)16-41-29-34-23-15-25(40-5)24(39-4)14-22(23)28(38)36(29)11-10-20-6-8-21(9-7-20)30(31,32)33/h6-9,12-15H,10-11,16H2,1-5H3,(H,35,37). The van der Waals surface area contributed by atoms with Crippen molar-refractivity contribution in [3.8, 4) is 11.5 Å².